The average Bonchev–Trinajstić information content (AvgIpc) is 2.41. The molecule has 0 aliphatic carbocycles. The van der Waals surface area contributed by atoms with Crippen LogP contribution in [-0.2, 0) is 4.74 Å². The Labute approximate surface area is 119 Å². The molecule has 1 aliphatic rings. The monoisotopic (exact) mass is 281 g/mol. The summed E-state index contributed by atoms with van der Waals surface area (Å²) >= 11 is 0. The number of ether oxygens (including phenoxy) is 1. The highest BCUT2D eigenvalue weighted by Crippen LogP contribution is 2.17. The third-order valence-corrected chi connectivity index (χ3v) is 3.46. The van der Waals surface area contributed by atoms with Gasteiger partial charge in [0.25, 0.3) is 0 Å². The summed E-state index contributed by atoms with van der Waals surface area (Å²) < 4.78 is 30.5. The van der Waals surface area contributed by atoms with Crippen molar-refractivity contribution >= 4 is 6.08 Å². The van der Waals surface area contributed by atoms with Crippen LogP contribution in [0.5, 0.6) is 0 Å². The van der Waals surface area contributed by atoms with Crippen LogP contribution >= 0.6 is 0 Å². The van der Waals surface area contributed by atoms with Crippen molar-refractivity contribution in [2.75, 3.05) is 26.3 Å². The molecule has 2 rings (SSSR count). The SMILES string of the molecule is CC(=Cc1ccccc1)CN1CCOCC1CC(F)F. The van der Waals surface area contributed by atoms with Crippen LogP contribution in [0.15, 0.2) is 35.9 Å². The van der Waals surface area contributed by atoms with E-state index < -0.39 is 6.43 Å². The number of hydrogen-bond donors (Lipinski definition) is 0. The van der Waals surface area contributed by atoms with Gasteiger partial charge in [-0.1, -0.05) is 42.0 Å². The first kappa shape index (κ1) is 15.1. The summed E-state index contributed by atoms with van der Waals surface area (Å²) in [5.41, 5.74) is 2.32. The smallest absolute Gasteiger partial charge is 0.240 e. The van der Waals surface area contributed by atoms with Crippen molar-refractivity contribution in [3.05, 3.63) is 41.5 Å². The van der Waals surface area contributed by atoms with Crippen LogP contribution in [-0.4, -0.2) is 43.7 Å². The van der Waals surface area contributed by atoms with Gasteiger partial charge in [-0.2, -0.15) is 0 Å². The zero-order valence-corrected chi connectivity index (χ0v) is 11.8. The number of halogens is 2. The molecule has 4 heteroatoms. The molecular weight excluding hydrogens is 260 g/mol. The fourth-order valence-corrected chi connectivity index (χ4v) is 2.52. The van der Waals surface area contributed by atoms with Gasteiger partial charge in [0, 0.05) is 25.6 Å². The molecule has 2 nitrogen and oxygen atoms in total. The molecule has 20 heavy (non-hydrogen) atoms. The lowest BCUT2D eigenvalue weighted by atomic mass is 10.1. The predicted octanol–water partition coefficient (Wildman–Crippen LogP) is 3.45. The van der Waals surface area contributed by atoms with Crippen molar-refractivity contribution < 1.29 is 13.5 Å². The fraction of sp³-hybridized carbons (Fsp3) is 0.500. The number of benzene rings is 1. The predicted molar refractivity (Wildman–Crippen MR) is 76.9 cm³/mol. The van der Waals surface area contributed by atoms with E-state index in [0.29, 0.717) is 13.2 Å². The number of nitrogens with zero attached hydrogens (tertiary/aromatic N) is 1. The molecule has 1 aromatic rings. The summed E-state index contributed by atoms with van der Waals surface area (Å²) in [5, 5.41) is 0. The van der Waals surface area contributed by atoms with E-state index in [2.05, 4.69) is 11.0 Å². The van der Waals surface area contributed by atoms with Gasteiger partial charge < -0.3 is 4.74 Å². The molecule has 1 heterocycles. The molecular formula is C16H21F2NO. The number of alkyl halides is 2. The summed E-state index contributed by atoms with van der Waals surface area (Å²) in [4.78, 5) is 2.10. The first-order chi connectivity index (χ1) is 9.65. The molecule has 0 amide bonds. The van der Waals surface area contributed by atoms with Crippen LogP contribution in [0.4, 0.5) is 8.78 Å². The van der Waals surface area contributed by atoms with Crippen molar-refractivity contribution in [2.24, 2.45) is 0 Å². The standard InChI is InChI=1S/C16H21F2NO/c1-13(9-14-5-3-2-4-6-14)11-19-7-8-20-12-15(19)10-16(17)18/h2-6,9,15-16H,7-8,10-12H2,1H3. The Morgan fingerprint density at radius 2 is 2.15 bits per heavy atom. The van der Waals surface area contributed by atoms with Gasteiger partial charge in [-0.05, 0) is 12.5 Å². The van der Waals surface area contributed by atoms with Crippen LogP contribution in [0.1, 0.15) is 18.9 Å². The lowest BCUT2D eigenvalue weighted by Crippen LogP contribution is -2.46. The Bertz CT molecular complexity index is 433. The number of morpholine rings is 1. The minimum absolute atomic E-state index is 0.112. The molecule has 1 atom stereocenters. The van der Waals surface area contributed by atoms with E-state index >= 15 is 0 Å². The lowest BCUT2D eigenvalue weighted by Gasteiger charge is -2.35. The zero-order chi connectivity index (χ0) is 14.4. The summed E-state index contributed by atoms with van der Waals surface area (Å²) in [6.07, 6.45) is -0.282. The third kappa shape index (κ3) is 4.69. The van der Waals surface area contributed by atoms with E-state index in [-0.39, 0.29) is 12.5 Å². The molecule has 0 saturated carbocycles. The van der Waals surface area contributed by atoms with Crippen LogP contribution in [0.25, 0.3) is 6.08 Å². The Kier molecular flexibility index (Phi) is 5.68. The first-order valence-electron chi connectivity index (χ1n) is 6.97. The second kappa shape index (κ2) is 7.50. The summed E-state index contributed by atoms with van der Waals surface area (Å²) in [5.74, 6) is 0. The van der Waals surface area contributed by atoms with E-state index in [1.54, 1.807) is 0 Å². The van der Waals surface area contributed by atoms with Gasteiger partial charge >= 0.3 is 0 Å². The van der Waals surface area contributed by atoms with Crippen molar-refractivity contribution in [3.63, 3.8) is 0 Å². The molecule has 0 radical (unpaired) electrons. The Hall–Kier alpha value is -1.26. The molecule has 110 valence electrons. The van der Waals surface area contributed by atoms with Crippen LogP contribution < -0.4 is 0 Å². The highest BCUT2D eigenvalue weighted by Gasteiger charge is 2.25. The summed E-state index contributed by atoms with van der Waals surface area (Å²) in [6, 6.07) is 9.87. The Balaban J connectivity index is 1.97. The zero-order valence-electron chi connectivity index (χ0n) is 11.8. The minimum atomic E-state index is -2.28. The molecule has 1 unspecified atom stereocenters. The average molecular weight is 281 g/mol. The first-order valence-corrected chi connectivity index (χ1v) is 6.97. The lowest BCUT2D eigenvalue weighted by molar-refractivity contribution is -0.0268. The molecule has 1 saturated heterocycles. The van der Waals surface area contributed by atoms with Crippen molar-refractivity contribution in [3.8, 4) is 0 Å². The summed E-state index contributed by atoms with van der Waals surface area (Å²) in [6.45, 7) is 4.51. The summed E-state index contributed by atoms with van der Waals surface area (Å²) in [7, 11) is 0. The van der Waals surface area contributed by atoms with Gasteiger partial charge in [-0.15, -0.1) is 0 Å². The van der Waals surface area contributed by atoms with E-state index in [1.807, 2.05) is 37.3 Å². The van der Waals surface area contributed by atoms with Gasteiger partial charge in [0.05, 0.1) is 13.2 Å². The highest BCUT2D eigenvalue weighted by molar-refractivity contribution is 5.52. The van der Waals surface area contributed by atoms with E-state index in [0.717, 1.165) is 18.7 Å². The number of rotatable bonds is 5. The molecule has 1 aliphatic heterocycles. The van der Waals surface area contributed by atoms with Crippen molar-refractivity contribution in [2.45, 2.75) is 25.8 Å². The Morgan fingerprint density at radius 1 is 1.40 bits per heavy atom. The molecule has 0 aromatic heterocycles. The molecule has 0 N–H and O–H groups in total. The van der Waals surface area contributed by atoms with E-state index in [9.17, 15) is 8.78 Å². The molecule has 1 aromatic carbocycles. The van der Waals surface area contributed by atoms with Gasteiger partial charge in [-0.25, -0.2) is 8.78 Å². The van der Waals surface area contributed by atoms with Crippen LogP contribution in [0.3, 0.4) is 0 Å². The third-order valence-electron chi connectivity index (χ3n) is 3.46. The second-order valence-corrected chi connectivity index (χ2v) is 5.23. The van der Waals surface area contributed by atoms with Crippen LogP contribution in [0, 0.1) is 0 Å². The van der Waals surface area contributed by atoms with Gasteiger partial charge in [0.1, 0.15) is 0 Å². The van der Waals surface area contributed by atoms with Crippen molar-refractivity contribution in [1.82, 2.24) is 4.90 Å². The molecule has 1 fully saturated rings. The number of hydrogen-bond acceptors (Lipinski definition) is 2. The minimum Gasteiger partial charge on any atom is -0.378 e. The van der Waals surface area contributed by atoms with Crippen LogP contribution in [0.2, 0.25) is 0 Å². The van der Waals surface area contributed by atoms with Gasteiger partial charge in [-0.3, -0.25) is 4.90 Å². The second-order valence-electron chi connectivity index (χ2n) is 5.23. The topological polar surface area (TPSA) is 12.5 Å². The van der Waals surface area contributed by atoms with E-state index in [1.165, 1.54) is 5.57 Å². The van der Waals surface area contributed by atoms with Gasteiger partial charge in [0.2, 0.25) is 6.43 Å². The normalized spacial score (nSPS) is 21.4. The van der Waals surface area contributed by atoms with E-state index in [4.69, 9.17) is 4.74 Å². The van der Waals surface area contributed by atoms with Crippen molar-refractivity contribution in [1.29, 1.82) is 0 Å². The quantitative estimate of drug-likeness (QED) is 0.819. The Morgan fingerprint density at radius 3 is 2.85 bits per heavy atom. The van der Waals surface area contributed by atoms with Gasteiger partial charge in [0.15, 0.2) is 0 Å². The molecule has 0 spiro atoms. The largest absolute Gasteiger partial charge is 0.378 e. The maximum atomic E-state index is 12.6. The molecule has 0 bridgehead atoms. The maximum Gasteiger partial charge on any atom is 0.240 e. The highest BCUT2D eigenvalue weighted by atomic mass is 19.3. The fourth-order valence-electron chi connectivity index (χ4n) is 2.52. The maximum absolute atomic E-state index is 12.6.